The van der Waals surface area contributed by atoms with Crippen molar-refractivity contribution in [2.24, 2.45) is 29.1 Å². The molecule has 4 aliphatic carbocycles. The standard InChI is InChI=1S/C19H26O5/c1-9-4-13-11-6-14(21)19(24)15(17(19,2)3)12(11)5-10(8-20)7-18(13,23)16(9)22/h4-5,11-15,20-21,23-24H,6-8H2,1-3H3/t11?,12-,13?,14-,15-,18-,19+/m1/s1. The molecule has 2 unspecified atom stereocenters. The highest BCUT2D eigenvalue weighted by Gasteiger charge is 2.79. The number of aliphatic hydroxyl groups is 4. The lowest BCUT2D eigenvalue weighted by Crippen LogP contribution is -2.49. The SMILES string of the molecule is CC1=CC2C3C[C@@H](O)[C@]4(O)[C@H]([C@@H]3C=C(CO)C[C@]2(O)C1=O)C4(C)C. The van der Waals surface area contributed by atoms with E-state index >= 15 is 0 Å². The van der Waals surface area contributed by atoms with E-state index in [-0.39, 0.29) is 42.5 Å². The van der Waals surface area contributed by atoms with Crippen LogP contribution in [0.3, 0.4) is 0 Å². The molecule has 5 heteroatoms. The van der Waals surface area contributed by atoms with Crippen LogP contribution < -0.4 is 0 Å². The van der Waals surface area contributed by atoms with Crippen molar-refractivity contribution in [3.05, 3.63) is 23.3 Å². The zero-order valence-corrected chi connectivity index (χ0v) is 14.4. The number of rotatable bonds is 1. The highest BCUT2D eigenvalue weighted by Crippen LogP contribution is 2.72. The van der Waals surface area contributed by atoms with Crippen molar-refractivity contribution in [2.45, 2.75) is 50.9 Å². The maximum Gasteiger partial charge on any atom is 0.190 e. The Balaban J connectivity index is 1.84. The minimum Gasteiger partial charge on any atom is -0.392 e. The number of hydrogen-bond acceptors (Lipinski definition) is 5. The first-order chi connectivity index (χ1) is 11.1. The van der Waals surface area contributed by atoms with Gasteiger partial charge in [0.1, 0.15) is 5.60 Å². The van der Waals surface area contributed by atoms with Gasteiger partial charge in [-0.15, -0.1) is 0 Å². The Morgan fingerprint density at radius 3 is 2.54 bits per heavy atom. The average Bonchev–Trinajstić information content (AvgIpc) is 2.94. The fourth-order valence-electron chi connectivity index (χ4n) is 6.11. The quantitative estimate of drug-likeness (QED) is 0.526. The molecule has 5 nitrogen and oxygen atoms in total. The number of ketones is 1. The van der Waals surface area contributed by atoms with Crippen LogP contribution >= 0.6 is 0 Å². The van der Waals surface area contributed by atoms with Crippen LogP contribution in [0.5, 0.6) is 0 Å². The third-order valence-electron chi connectivity index (χ3n) is 7.40. The van der Waals surface area contributed by atoms with E-state index in [1.165, 1.54) is 0 Å². The van der Waals surface area contributed by atoms with Crippen molar-refractivity contribution < 1.29 is 25.2 Å². The molecule has 0 aromatic heterocycles. The van der Waals surface area contributed by atoms with E-state index in [0.29, 0.717) is 17.6 Å². The molecule has 0 bridgehead atoms. The number of hydrogen-bond donors (Lipinski definition) is 4. The van der Waals surface area contributed by atoms with Gasteiger partial charge in [0.25, 0.3) is 0 Å². The van der Waals surface area contributed by atoms with Gasteiger partial charge in [0.15, 0.2) is 5.78 Å². The number of fused-ring (bicyclic) bond motifs is 5. The molecule has 132 valence electrons. The molecule has 0 aliphatic heterocycles. The van der Waals surface area contributed by atoms with Crippen LogP contribution in [0.1, 0.15) is 33.6 Å². The van der Waals surface area contributed by atoms with Crippen molar-refractivity contribution in [3.63, 3.8) is 0 Å². The fourth-order valence-corrected chi connectivity index (χ4v) is 6.11. The lowest BCUT2D eigenvalue weighted by molar-refractivity contribution is -0.140. The highest BCUT2D eigenvalue weighted by molar-refractivity contribution is 6.04. The largest absolute Gasteiger partial charge is 0.392 e. The number of allylic oxidation sites excluding steroid dienone is 1. The maximum atomic E-state index is 12.6. The second kappa shape index (κ2) is 4.58. The molecule has 7 atom stereocenters. The molecule has 24 heavy (non-hydrogen) atoms. The normalized spacial score (nSPS) is 51.8. The Morgan fingerprint density at radius 1 is 1.25 bits per heavy atom. The summed E-state index contributed by atoms with van der Waals surface area (Å²) >= 11 is 0. The van der Waals surface area contributed by atoms with Crippen LogP contribution in [-0.4, -0.2) is 50.1 Å². The average molecular weight is 334 g/mol. The summed E-state index contributed by atoms with van der Waals surface area (Å²) in [5.74, 6) is -0.983. The highest BCUT2D eigenvalue weighted by atomic mass is 16.4. The van der Waals surface area contributed by atoms with Gasteiger partial charge in [-0.3, -0.25) is 4.79 Å². The van der Waals surface area contributed by atoms with Crippen LogP contribution in [0.15, 0.2) is 23.3 Å². The van der Waals surface area contributed by atoms with Crippen molar-refractivity contribution in [3.8, 4) is 0 Å². The first-order valence-corrected chi connectivity index (χ1v) is 8.75. The Kier molecular flexibility index (Phi) is 3.14. The molecule has 0 aromatic rings. The van der Waals surface area contributed by atoms with E-state index in [0.717, 1.165) is 0 Å². The van der Waals surface area contributed by atoms with Gasteiger partial charge in [-0.05, 0) is 36.3 Å². The molecule has 2 saturated carbocycles. The summed E-state index contributed by atoms with van der Waals surface area (Å²) in [4.78, 5) is 12.6. The van der Waals surface area contributed by atoms with Crippen LogP contribution in [0.2, 0.25) is 0 Å². The number of carbonyl (C=O) groups is 1. The van der Waals surface area contributed by atoms with Crippen LogP contribution in [0, 0.1) is 29.1 Å². The van der Waals surface area contributed by atoms with Crippen LogP contribution in [0.4, 0.5) is 0 Å². The molecule has 0 aromatic carbocycles. The van der Waals surface area contributed by atoms with Gasteiger partial charge >= 0.3 is 0 Å². The van der Waals surface area contributed by atoms with Gasteiger partial charge in [0, 0.05) is 23.7 Å². The van der Waals surface area contributed by atoms with E-state index in [9.17, 15) is 25.2 Å². The summed E-state index contributed by atoms with van der Waals surface area (Å²) in [5, 5.41) is 42.4. The smallest absolute Gasteiger partial charge is 0.190 e. The predicted octanol–water partition coefficient (Wildman–Crippen LogP) is 0.569. The summed E-state index contributed by atoms with van der Waals surface area (Å²) in [5.41, 5.74) is -1.90. The molecular weight excluding hydrogens is 308 g/mol. The molecule has 0 radical (unpaired) electrons. The molecule has 4 aliphatic rings. The summed E-state index contributed by atoms with van der Waals surface area (Å²) in [6.45, 7) is 5.41. The van der Waals surface area contributed by atoms with Crippen molar-refractivity contribution in [2.75, 3.05) is 6.61 Å². The van der Waals surface area contributed by atoms with Gasteiger partial charge in [-0.25, -0.2) is 0 Å². The molecule has 4 rings (SSSR count). The number of Topliss-reactive ketones (excluding diaryl/α,β-unsaturated/α-hetero) is 1. The van der Waals surface area contributed by atoms with E-state index < -0.39 is 22.7 Å². The molecule has 0 spiro atoms. The number of aliphatic hydroxyl groups excluding tert-OH is 2. The van der Waals surface area contributed by atoms with E-state index in [2.05, 4.69) is 0 Å². The lowest BCUT2D eigenvalue weighted by atomic mass is 9.67. The first-order valence-electron chi connectivity index (χ1n) is 8.75. The minimum atomic E-state index is -1.54. The maximum absolute atomic E-state index is 12.6. The number of carbonyl (C=O) groups excluding carboxylic acids is 1. The molecule has 2 fully saturated rings. The zero-order chi connectivity index (χ0) is 17.7. The molecular formula is C19H26O5. The van der Waals surface area contributed by atoms with Gasteiger partial charge in [-0.1, -0.05) is 26.0 Å². The predicted molar refractivity (Wildman–Crippen MR) is 86.8 cm³/mol. The molecule has 4 N–H and O–H groups in total. The first kappa shape index (κ1) is 16.5. The molecule has 0 saturated heterocycles. The second-order valence-corrected chi connectivity index (χ2v) is 8.81. The third-order valence-corrected chi connectivity index (χ3v) is 7.40. The van der Waals surface area contributed by atoms with Gasteiger partial charge in [0.2, 0.25) is 0 Å². The monoisotopic (exact) mass is 334 g/mol. The molecule has 0 amide bonds. The third kappa shape index (κ3) is 1.66. The van der Waals surface area contributed by atoms with E-state index in [1.807, 2.05) is 26.0 Å². The van der Waals surface area contributed by atoms with Gasteiger partial charge in [0.05, 0.1) is 18.3 Å². The Labute approximate surface area is 141 Å². The summed E-state index contributed by atoms with van der Waals surface area (Å²) in [7, 11) is 0. The van der Waals surface area contributed by atoms with E-state index in [4.69, 9.17) is 0 Å². The molecule has 0 heterocycles. The Bertz CT molecular complexity index is 677. The lowest BCUT2D eigenvalue weighted by Gasteiger charge is -2.40. The fraction of sp³-hybridized carbons (Fsp3) is 0.737. The Hall–Kier alpha value is -1.01. The van der Waals surface area contributed by atoms with Crippen molar-refractivity contribution in [1.82, 2.24) is 0 Å². The van der Waals surface area contributed by atoms with Gasteiger partial charge < -0.3 is 20.4 Å². The summed E-state index contributed by atoms with van der Waals surface area (Å²) < 4.78 is 0. The Morgan fingerprint density at radius 2 is 1.92 bits per heavy atom. The zero-order valence-electron chi connectivity index (χ0n) is 14.4. The van der Waals surface area contributed by atoms with Crippen LogP contribution in [0.25, 0.3) is 0 Å². The van der Waals surface area contributed by atoms with Crippen molar-refractivity contribution >= 4 is 5.78 Å². The summed E-state index contributed by atoms with van der Waals surface area (Å²) in [6.07, 6.45) is 3.39. The minimum absolute atomic E-state index is 0.0653. The summed E-state index contributed by atoms with van der Waals surface area (Å²) in [6, 6.07) is 0. The van der Waals surface area contributed by atoms with Crippen molar-refractivity contribution in [1.29, 1.82) is 0 Å². The van der Waals surface area contributed by atoms with Gasteiger partial charge in [-0.2, -0.15) is 0 Å². The van der Waals surface area contributed by atoms with E-state index in [1.54, 1.807) is 6.92 Å². The second-order valence-electron chi connectivity index (χ2n) is 8.81. The van der Waals surface area contributed by atoms with Crippen LogP contribution in [-0.2, 0) is 4.79 Å². The topological polar surface area (TPSA) is 98.0 Å².